The van der Waals surface area contributed by atoms with E-state index in [0.29, 0.717) is 14.9 Å². The van der Waals surface area contributed by atoms with Crippen molar-refractivity contribution in [3.05, 3.63) is 28.5 Å². The Morgan fingerprint density at radius 3 is 2.62 bits per heavy atom. The Morgan fingerprint density at radius 1 is 1.38 bits per heavy atom. The molecule has 21 heavy (non-hydrogen) atoms. The highest BCUT2D eigenvalue weighted by Crippen LogP contribution is 2.21. The number of nitrogens with zero attached hydrogens (tertiary/aromatic N) is 3. The number of methoxy groups -OCH3 is 1. The topological polar surface area (TPSA) is 102 Å². The van der Waals surface area contributed by atoms with E-state index in [-0.39, 0.29) is 11.3 Å². The number of amides is 2. The monoisotopic (exact) mass is 355 g/mol. The lowest BCUT2D eigenvalue weighted by Gasteiger charge is -2.12. The van der Waals surface area contributed by atoms with Gasteiger partial charge in [-0.1, -0.05) is 15.9 Å². The third-order valence-corrected chi connectivity index (χ3v) is 3.25. The van der Waals surface area contributed by atoms with Crippen molar-refractivity contribution < 1.29 is 24.2 Å². The van der Waals surface area contributed by atoms with Gasteiger partial charge in [0.2, 0.25) is 5.82 Å². The van der Waals surface area contributed by atoms with E-state index in [0.717, 1.165) is 11.7 Å². The summed E-state index contributed by atoms with van der Waals surface area (Å²) in [5, 5.41) is 9.27. The Kier molecular flexibility index (Phi) is 3.94. The lowest BCUT2D eigenvalue weighted by molar-refractivity contribution is 0.0735. The van der Waals surface area contributed by atoms with Crippen LogP contribution in [-0.4, -0.2) is 51.8 Å². The predicted octanol–water partition coefficient (Wildman–Crippen LogP) is 2.16. The Balaban J connectivity index is 2.63. The molecule has 1 heterocycles. The fourth-order valence-corrected chi connectivity index (χ4v) is 2.11. The summed E-state index contributed by atoms with van der Waals surface area (Å²) in [7, 11) is 2.29. The van der Waals surface area contributed by atoms with E-state index in [1.54, 1.807) is 12.1 Å². The fraction of sp³-hybridized carbons (Fsp3) is 0.167. The molecule has 1 aromatic carbocycles. The number of aromatic nitrogens is 2. The molecule has 9 heteroatoms. The normalized spacial score (nSPS) is 10.4. The van der Waals surface area contributed by atoms with Crippen molar-refractivity contribution in [2.24, 2.45) is 0 Å². The van der Waals surface area contributed by atoms with Gasteiger partial charge in [-0.3, -0.25) is 4.79 Å². The molecule has 2 rings (SSSR count). The van der Waals surface area contributed by atoms with Crippen LogP contribution in [0.3, 0.4) is 0 Å². The highest BCUT2D eigenvalue weighted by atomic mass is 79.9. The molecule has 1 N–H and O–H groups in total. The lowest BCUT2D eigenvalue weighted by atomic mass is 10.3. The second-order valence-corrected chi connectivity index (χ2v) is 4.94. The number of carboxylic acid groups (broad SMARTS) is 1. The van der Waals surface area contributed by atoms with Crippen LogP contribution in [-0.2, 0) is 4.74 Å². The first-order valence-electron chi connectivity index (χ1n) is 5.64. The van der Waals surface area contributed by atoms with Crippen LogP contribution in [0.25, 0.3) is 11.0 Å². The van der Waals surface area contributed by atoms with Gasteiger partial charge in [-0.05, 0) is 18.2 Å². The van der Waals surface area contributed by atoms with Gasteiger partial charge in [0.25, 0.3) is 5.91 Å². The molecule has 0 bridgehead atoms. The van der Waals surface area contributed by atoms with E-state index in [1.165, 1.54) is 13.1 Å². The first kappa shape index (κ1) is 15.0. The molecule has 0 aliphatic carbocycles. The van der Waals surface area contributed by atoms with Crippen LogP contribution in [0.1, 0.15) is 10.6 Å². The third kappa shape index (κ3) is 2.59. The highest BCUT2D eigenvalue weighted by molar-refractivity contribution is 9.10. The summed E-state index contributed by atoms with van der Waals surface area (Å²) in [4.78, 5) is 39.6. The Labute approximate surface area is 127 Å². The van der Waals surface area contributed by atoms with Gasteiger partial charge in [0.05, 0.1) is 18.1 Å². The minimum Gasteiger partial charge on any atom is -0.464 e. The molecule has 0 aliphatic heterocycles. The maximum absolute atomic E-state index is 12.2. The summed E-state index contributed by atoms with van der Waals surface area (Å²) in [5.41, 5.74) is 0.556. The zero-order chi connectivity index (χ0) is 15.7. The van der Waals surface area contributed by atoms with Crippen molar-refractivity contribution >= 4 is 45.1 Å². The molecule has 0 saturated heterocycles. The number of ether oxygens (including phenoxy) is 1. The van der Waals surface area contributed by atoms with Gasteiger partial charge in [-0.15, -0.1) is 0 Å². The summed E-state index contributed by atoms with van der Waals surface area (Å²) in [5.74, 6) is -1.26. The van der Waals surface area contributed by atoms with Gasteiger partial charge >= 0.3 is 12.2 Å². The molecule has 1 aromatic heterocycles. The molecule has 0 fully saturated rings. The van der Waals surface area contributed by atoms with Crippen molar-refractivity contribution in [3.63, 3.8) is 0 Å². The van der Waals surface area contributed by atoms with Crippen LogP contribution in [0.15, 0.2) is 22.7 Å². The zero-order valence-corrected chi connectivity index (χ0v) is 12.6. The minimum atomic E-state index is -1.37. The second-order valence-electron chi connectivity index (χ2n) is 4.02. The first-order chi connectivity index (χ1) is 9.86. The van der Waals surface area contributed by atoms with Crippen molar-refractivity contribution in [2.75, 3.05) is 14.2 Å². The summed E-state index contributed by atoms with van der Waals surface area (Å²) in [6.07, 6.45) is -2.29. The van der Waals surface area contributed by atoms with E-state index in [2.05, 4.69) is 25.7 Å². The Morgan fingerprint density at radius 2 is 2.05 bits per heavy atom. The van der Waals surface area contributed by atoms with Crippen LogP contribution >= 0.6 is 15.9 Å². The number of fused-ring (bicyclic) bond motifs is 1. The summed E-state index contributed by atoms with van der Waals surface area (Å²) < 4.78 is 5.83. The van der Waals surface area contributed by atoms with Crippen molar-refractivity contribution in [3.8, 4) is 0 Å². The molecule has 2 amide bonds. The molecular weight excluding hydrogens is 346 g/mol. The molecule has 110 valence electrons. The van der Waals surface area contributed by atoms with Gasteiger partial charge in [0.15, 0.2) is 0 Å². The van der Waals surface area contributed by atoms with Crippen LogP contribution in [0.5, 0.6) is 0 Å². The Hall–Kier alpha value is -2.42. The van der Waals surface area contributed by atoms with Gasteiger partial charge in [0.1, 0.15) is 0 Å². The smallest absolute Gasteiger partial charge is 0.417 e. The summed E-state index contributed by atoms with van der Waals surface area (Å²) in [6, 6.07) is 4.71. The van der Waals surface area contributed by atoms with Crippen LogP contribution < -0.4 is 0 Å². The SMILES string of the molecule is COC(=O)N(C)C(=O)c1nc2cc(Br)ccc2n1C(=O)O. The number of imide groups is 1. The van der Waals surface area contributed by atoms with Crippen LogP contribution in [0, 0.1) is 0 Å². The van der Waals surface area contributed by atoms with E-state index in [4.69, 9.17) is 0 Å². The molecule has 2 aromatic rings. The summed E-state index contributed by atoms with van der Waals surface area (Å²) >= 11 is 3.24. The molecule has 8 nitrogen and oxygen atoms in total. The standard InChI is InChI=1S/C12H10BrN3O5/c1-15(12(20)21-2)10(17)9-14-7-5-6(13)3-4-8(7)16(9)11(18)19/h3-5H,1-2H3,(H,18,19). The van der Waals surface area contributed by atoms with Gasteiger partial charge in [-0.25, -0.2) is 24.0 Å². The minimum absolute atomic E-state index is 0.243. The lowest BCUT2D eigenvalue weighted by Crippen LogP contribution is -2.35. The number of hydrogen-bond acceptors (Lipinski definition) is 5. The number of carbonyl (C=O) groups excluding carboxylic acids is 2. The zero-order valence-electron chi connectivity index (χ0n) is 11.0. The maximum Gasteiger partial charge on any atom is 0.417 e. The van der Waals surface area contributed by atoms with E-state index >= 15 is 0 Å². The molecule has 0 unspecified atom stereocenters. The Bertz CT molecular complexity index is 755. The largest absolute Gasteiger partial charge is 0.464 e. The van der Waals surface area contributed by atoms with E-state index in [9.17, 15) is 19.5 Å². The average Bonchev–Trinajstić information content (AvgIpc) is 2.83. The molecule has 0 atom stereocenters. The summed E-state index contributed by atoms with van der Waals surface area (Å²) in [6.45, 7) is 0. The van der Waals surface area contributed by atoms with Crippen LogP contribution in [0.4, 0.5) is 9.59 Å². The molecule has 0 spiro atoms. The van der Waals surface area contributed by atoms with Gasteiger partial charge < -0.3 is 9.84 Å². The highest BCUT2D eigenvalue weighted by Gasteiger charge is 2.27. The first-order valence-corrected chi connectivity index (χ1v) is 6.43. The van der Waals surface area contributed by atoms with Crippen molar-refractivity contribution in [1.29, 1.82) is 0 Å². The second kappa shape index (κ2) is 5.52. The quantitative estimate of drug-likeness (QED) is 0.840. The number of hydrogen-bond donors (Lipinski definition) is 1. The molecule has 0 saturated carbocycles. The van der Waals surface area contributed by atoms with Gasteiger partial charge in [0, 0.05) is 11.5 Å². The van der Waals surface area contributed by atoms with E-state index < -0.39 is 18.1 Å². The van der Waals surface area contributed by atoms with Crippen molar-refractivity contribution in [1.82, 2.24) is 14.5 Å². The fourth-order valence-electron chi connectivity index (χ4n) is 1.76. The number of imidazole rings is 1. The number of rotatable bonds is 1. The number of carbonyl (C=O) groups is 3. The molecule has 0 radical (unpaired) electrons. The third-order valence-electron chi connectivity index (χ3n) is 2.75. The maximum atomic E-state index is 12.2. The number of benzene rings is 1. The average molecular weight is 356 g/mol. The molecule has 0 aliphatic rings. The van der Waals surface area contributed by atoms with E-state index in [1.807, 2.05) is 0 Å². The van der Waals surface area contributed by atoms with Crippen molar-refractivity contribution in [2.45, 2.75) is 0 Å². The van der Waals surface area contributed by atoms with Gasteiger partial charge in [-0.2, -0.15) is 0 Å². The molecular formula is C12H10BrN3O5. The predicted molar refractivity (Wildman–Crippen MR) is 75.4 cm³/mol. The van der Waals surface area contributed by atoms with Crippen LogP contribution in [0.2, 0.25) is 0 Å². The number of halogens is 1.